The summed E-state index contributed by atoms with van der Waals surface area (Å²) in [5.41, 5.74) is 6.01. The number of para-hydroxylation sites is 2. The van der Waals surface area contributed by atoms with Crippen LogP contribution in [0.2, 0.25) is 0 Å². The quantitative estimate of drug-likeness (QED) is 0.480. The lowest BCUT2D eigenvalue weighted by molar-refractivity contribution is -0.121. The molecule has 4 aromatic rings. The van der Waals surface area contributed by atoms with E-state index in [-0.39, 0.29) is 11.9 Å². The fourth-order valence-corrected chi connectivity index (χ4v) is 4.94. The molecule has 4 nitrogen and oxygen atoms in total. The third-order valence-corrected chi connectivity index (χ3v) is 6.55. The van der Waals surface area contributed by atoms with Crippen molar-refractivity contribution in [2.75, 3.05) is 0 Å². The maximum atomic E-state index is 12.8. The maximum Gasteiger partial charge on any atom is 0.221 e. The van der Waals surface area contributed by atoms with Crippen LogP contribution in [-0.4, -0.2) is 15.9 Å². The van der Waals surface area contributed by atoms with E-state index in [1.54, 1.807) is 11.3 Å². The minimum atomic E-state index is -0.0935. The van der Waals surface area contributed by atoms with Gasteiger partial charge in [0.1, 0.15) is 5.82 Å². The lowest BCUT2D eigenvalue weighted by Crippen LogP contribution is -2.29. The third kappa shape index (κ3) is 3.83. The van der Waals surface area contributed by atoms with E-state index >= 15 is 0 Å². The van der Waals surface area contributed by atoms with Crippen molar-refractivity contribution in [1.82, 2.24) is 15.3 Å². The smallest absolute Gasteiger partial charge is 0.221 e. The van der Waals surface area contributed by atoms with E-state index in [1.165, 1.54) is 34.4 Å². The Bertz CT molecular complexity index is 1110. The Hall–Kier alpha value is -2.92. The molecule has 29 heavy (non-hydrogen) atoms. The molecule has 2 aromatic carbocycles. The van der Waals surface area contributed by atoms with Gasteiger partial charge in [-0.05, 0) is 59.5 Å². The summed E-state index contributed by atoms with van der Waals surface area (Å²) in [6.45, 7) is 0. The van der Waals surface area contributed by atoms with Crippen LogP contribution >= 0.6 is 11.3 Å². The van der Waals surface area contributed by atoms with Crippen LogP contribution in [0.4, 0.5) is 0 Å². The number of benzene rings is 2. The number of aromatic amines is 1. The van der Waals surface area contributed by atoms with Crippen molar-refractivity contribution in [3.05, 3.63) is 87.4 Å². The summed E-state index contributed by atoms with van der Waals surface area (Å²) >= 11 is 1.69. The number of fused-ring (bicyclic) bond motifs is 2. The Morgan fingerprint density at radius 1 is 1.10 bits per heavy atom. The number of imidazole rings is 1. The Labute approximate surface area is 174 Å². The molecule has 0 fully saturated rings. The highest BCUT2D eigenvalue weighted by atomic mass is 32.1. The first-order valence-electron chi connectivity index (χ1n) is 10.1. The number of nitrogens with zero attached hydrogens (tertiary/aromatic N) is 1. The van der Waals surface area contributed by atoms with Crippen molar-refractivity contribution in [2.45, 2.75) is 38.1 Å². The summed E-state index contributed by atoms with van der Waals surface area (Å²) in [7, 11) is 0. The van der Waals surface area contributed by atoms with Crippen molar-refractivity contribution in [3.8, 4) is 0 Å². The molecule has 2 N–H and O–H groups in total. The Kier molecular flexibility index (Phi) is 4.90. The number of amides is 1. The molecule has 0 aliphatic heterocycles. The van der Waals surface area contributed by atoms with Crippen LogP contribution in [0.1, 0.15) is 46.3 Å². The number of aryl methyl sites for hydroxylation is 3. The minimum Gasteiger partial charge on any atom is -0.344 e. The van der Waals surface area contributed by atoms with Gasteiger partial charge in [0.25, 0.3) is 0 Å². The molecular weight excluding hydrogens is 378 g/mol. The van der Waals surface area contributed by atoms with E-state index < -0.39 is 0 Å². The fourth-order valence-electron chi connectivity index (χ4n) is 4.13. The monoisotopic (exact) mass is 401 g/mol. The topological polar surface area (TPSA) is 57.8 Å². The summed E-state index contributed by atoms with van der Waals surface area (Å²) in [5, 5.41) is 5.33. The number of aromatic nitrogens is 2. The van der Waals surface area contributed by atoms with Gasteiger partial charge in [-0.2, -0.15) is 0 Å². The van der Waals surface area contributed by atoms with E-state index in [4.69, 9.17) is 0 Å². The lowest BCUT2D eigenvalue weighted by Gasteiger charge is -2.19. The van der Waals surface area contributed by atoms with E-state index in [1.807, 2.05) is 30.3 Å². The van der Waals surface area contributed by atoms with Gasteiger partial charge in [-0.1, -0.05) is 36.4 Å². The summed E-state index contributed by atoms with van der Waals surface area (Å²) < 4.78 is 0. The van der Waals surface area contributed by atoms with Gasteiger partial charge in [0.05, 0.1) is 17.1 Å². The van der Waals surface area contributed by atoms with Crippen LogP contribution in [0.3, 0.4) is 0 Å². The van der Waals surface area contributed by atoms with Crippen LogP contribution in [0.15, 0.2) is 60.0 Å². The van der Waals surface area contributed by atoms with E-state index in [2.05, 4.69) is 44.9 Å². The molecule has 0 bridgehead atoms. The normalized spacial score (nSPS) is 14.1. The van der Waals surface area contributed by atoms with Gasteiger partial charge >= 0.3 is 0 Å². The summed E-state index contributed by atoms with van der Waals surface area (Å²) in [6.07, 6.45) is 4.55. The summed E-state index contributed by atoms with van der Waals surface area (Å²) in [5.74, 6) is 0.899. The highest BCUT2D eigenvalue weighted by Crippen LogP contribution is 2.30. The SMILES string of the molecule is O=C(CCc1nc2ccccc2[nH]1)N[C@H](c1ccc2c(c1)CCC2)c1cccs1. The Morgan fingerprint density at radius 3 is 2.86 bits per heavy atom. The zero-order valence-corrected chi connectivity index (χ0v) is 17.0. The van der Waals surface area contributed by atoms with Crippen molar-refractivity contribution in [2.24, 2.45) is 0 Å². The molecule has 5 heteroatoms. The molecule has 1 atom stereocenters. The molecule has 0 saturated carbocycles. The summed E-state index contributed by atoms with van der Waals surface area (Å²) in [6, 6.07) is 18.7. The first-order chi connectivity index (χ1) is 14.3. The predicted octanol–water partition coefficient (Wildman–Crippen LogP) is 4.95. The second-order valence-electron chi connectivity index (χ2n) is 7.60. The second kappa shape index (κ2) is 7.84. The molecule has 1 amide bonds. The highest BCUT2D eigenvalue weighted by Gasteiger charge is 2.20. The van der Waals surface area contributed by atoms with Gasteiger partial charge in [0.2, 0.25) is 5.91 Å². The maximum absolute atomic E-state index is 12.8. The number of thiophene rings is 1. The zero-order valence-electron chi connectivity index (χ0n) is 16.2. The average molecular weight is 402 g/mol. The Morgan fingerprint density at radius 2 is 2.00 bits per heavy atom. The van der Waals surface area contributed by atoms with Gasteiger partial charge in [0.15, 0.2) is 0 Å². The van der Waals surface area contributed by atoms with Gasteiger partial charge in [-0.3, -0.25) is 4.79 Å². The number of nitrogens with one attached hydrogen (secondary N) is 2. The molecule has 0 saturated heterocycles. The number of H-pyrrole nitrogens is 1. The van der Waals surface area contributed by atoms with Gasteiger partial charge in [-0.15, -0.1) is 11.3 Å². The van der Waals surface area contributed by atoms with Crippen molar-refractivity contribution in [3.63, 3.8) is 0 Å². The molecule has 146 valence electrons. The summed E-state index contributed by atoms with van der Waals surface area (Å²) in [4.78, 5) is 21.8. The fraction of sp³-hybridized carbons (Fsp3) is 0.250. The number of carbonyl (C=O) groups is 1. The predicted molar refractivity (Wildman–Crippen MR) is 117 cm³/mol. The molecule has 0 spiro atoms. The van der Waals surface area contributed by atoms with Crippen molar-refractivity contribution >= 4 is 28.3 Å². The molecule has 2 heterocycles. The van der Waals surface area contributed by atoms with E-state index in [0.717, 1.165) is 23.3 Å². The second-order valence-corrected chi connectivity index (χ2v) is 8.58. The van der Waals surface area contributed by atoms with E-state index in [0.29, 0.717) is 12.8 Å². The van der Waals surface area contributed by atoms with Crippen LogP contribution in [0.25, 0.3) is 11.0 Å². The number of carbonyl (C=O) groups excluding carboxylic acids is 1. The molecule has 0 unspecified atom stereocenters. The molecule has 1 aliphatic carbocycles. The molecular formula is C24H23N3OS. The van der Waals surface area contributed by atoms with Crippen LogP contribution < -0.4 is 5.32 Å². The molecule has 1 aliphatic rings. The first-order valence-corrected chi connectivity index (χ1v) is 11.0. The lowest BCUT2D eigenvalue weighted by atomic mass is 9.99. The van der Waals surface area contributed by atoms with Gasteiger partial charge < -0.3 is 10.3 Å². The van der Waals surface area contributed by atoms with Crippen LogP contribution in [0.5, 0.6) is 0 Å². The van der Waals surface area contributed by atoms with Gasteiger partial charge in [-0.25, -0.2) is 4.98 Å². The van der Waals surface area contributed by atoms with Crippen LogP contribution in [-0.2, 0) is 24.1 Å². The molecule has 2 aromatic heterocycles. The zero-order chi connectivity index (χ0) is 19.6. The standard InChI is InChI=1S/C24H23N3OS/c28-23(13-12-22-25-19-7-1-2-8-20(19)26-22)27-24(21-9-4-14-29-21)18-11-10-16-5-3-6-17(16)15-18/h1-2,4,7-11,14-15,24H,3,5-6,12-13H2,(H,25,26)(H,27,28)/t24-/m1/s1. The highest BCUT2D eigenvalue weighted by molar-refractivity contribution is 7.10. The Balaban J connectivity index is 1.31. The number of rotatable bonds is 6. The largest absolute Gasteiger partial charge is 0.344 e. The number of hydrogen-bond acceptors (Lipinski definition) is 3. The molecule has 5 rings (SSSR count). The molecule has 0 radical (unpaired) electrons. The van der Waals surface area contributed by atoms with Crippen molar-refractivity contribution in [1.29, 1.82) is 0 Å². The third-order valence-electron chi connectivity index (χ3n) is 5.62. The number of hydrogen-bond donors (Lipinski definition) is 2. The van der Waals surface area contributed by atoms with Crippen LogP contribution in [0, 0.1) is 0 Å². The van der Waals surface area contributed by atoms with E-state index in [9.17, 15) is 4.79 Å². The average Bonchev–Trinajstić information content (AvgIpc) is 3.50. The van der Waals surface area contributed by atoms with Gasteiger partial charge in [0, 0.05) is 17.7 Å². The first kappa shape index (κ1) is 18.1. The minimum absolute atomic E-state index is 0.0457. The van der Waals surface area contributed by atoms with Crippen molar-refractivity contribution < 1.29 is 4.79 Å².